The van der Waals surface area contributed by atoms with Gasteiger partial charge in [0.25, 0.3) is 0 Å². The van der Waals surface area contributed by atoms with Crippen molar-refractivity contribution in [3.63, 3.8) is 0 Å². The number of methoxy groups -OCH3 is 1. The Balaban J connectivity index is 0.000000336. The van der Waals surface area contributed by atoms with Gasteiger partial charge in [-0.05, 0) is 59.7 Å². The van der Waals surface area contributed by atoms with Gasteiger partial charge in [-0.2, -0.15) is 0 Å². The Bertz CT molecular complexity index is 1360. The molecule has 0 aromatic heterocycles. The SMILES string of the molecule is CNc1ccc(OCCOc2cccc(-c3ccccc3)c2)cc1C(=O)OC.O=Cc1ccc(Cl)cc1Cl. The Morgan fingerprint density at radius 3 is 2.13 bits per heavy atom. The third-order valence-electron chi connectivity index (χ3n) is 5.32. The first-order valence-electron chi connectivity index (χ1n) is 11.7. The Hall–Kier alpha value is -4.00. The van der Waals surface area contributed by atoms with Gasteiger partial charge in [-0.1, -0.05) is 65.7 Å². The molecule has 4 aromatic carbocycles. The van der Waals surface area contributed by atoms with Crippen molar-refractivity contribution in [2.24, 2.45) is 0 Å². The number of aldehydes is 1. The summed E-state index contributed by atoms with van der Waals surface area (Å²) in [6.07, 6.45) is 0.693. The molecule has 0 aliphatic carbocycles. The predicted octanol–water partition coefficient (Wildman–Crippen LogP) is 7.45. The van der Waals surface area contributed by atoms with E-state index >= 15 is 0 Å². The first-order chi connectivity index (χ1) is 18.4. The number of rotatable bonds is 9. The third kappa shape index (κ3) is 8.26. The highest BCUT2D eigenvalue weighted by Crippen LogP contribution is 2.25. The van der Waals surface area contributed by atoms with E-state index in [2.05, 4.69) is 23.5 Å². The lowest BCUT2D eigenvalue weighted by atomic mass is 10.1. The van der Waals surface area contributed by atoms with Crippen molar-refractivity contribution >= 4 is 41.1 Å². The molecule has 0 aliphatic heterocycles. The predicted molar refractivity (Wildman–Crippen MR) is 152 cm³/mol. The maximum atomic E-state index is 11.9. The zero-order chi connectivity index (χ0) is 27.3. The minimum Gasteiger partial charge on any atom is -0.490 e. The van der Waals surface area contributed by atoms with E-state index in [9.17, 15) is 9.59 Å². The average Bonchev–Trinajstić information content (AvgIpc) is 2.96. The van der Waals surface area contributed by atoms with Crippen LogP contribution in [0.25, 0.3) is 11.1 Å². The molecule has 0 fully saturated rings. The number of carbonyl (C=O) groups is 2. The molecule has 0 saturated carbocycles. The second-order valence-electron chi connectivity index (χ2n) is 7.82. The van der Waals surface area contributed by atoms with E-state index in [1.54, 1.807) is 37.4 Å². The zero-order valence-corrected chi connectivity index (χ0v) is 22.5. The first kappa shape index (κ1) is 28.6. The molecule has 0 amide bonds. The van der Waals surface area contributed by atoms with Crippen LogP contribution in [0.4, 0.5) is 5.69 Å². The molecule has 0 bridgehead atoms. The van der Waals surface area contributed by atoms with Gasteiger partial charge in [0.15, 0.2) is 6.29 Å². The van der Waals surface area contributed by atoms with E-state index < -0.39 is 5.97 Å². The fourth-order valence-corrected chi connectivity index (χ4v) is 3.88. The second kappa shape index (κ2) is 14.7. The van der Waals surface area contributed by atoms with Gasteiger partial charge in [0.2, 0.25) is 0 Å². The summed E-state index contributed by atoms with van der Waals surface area (Å²) in [6, 6.07) is 28.1. The molecule has 4 rings (SSSR count). The number of benzene rings is 4. The Morgan fingerprint density at radius 1 is 0.816 bits per heavy atom. The maximum Gasteiger partial charge on any atom is 0.340 e. The van der Waals surface area contributed by atoms with E-state index in [0.717, 1.165) is 16.9 Å². The number of ether oxygens (including phenoxy) is 3. The van der Waals surface area contributed by atoms with Crippen LogP contribution in [0.1, 0.15) is 20.7 Å². The number of anilines is 1. The van der Waals surface area contributed by atoms with Gasteiger partial charge >= 0.3 is 5.97 Å². The molecule has 0 heterocycles. The van der Waals surface area contributed by atoms with Crippen LogP contribution >= 0.6 is 23.2 Å². The van der Waals surface area contributed by atoms with Crippen LogP contribution in [-0.4, -0.2) is 39.6 Å². The lowest BCUT2D eigenvalue weighted by Gasteiger charge is -2.12. The molecule has 38 heavy (non-hydrogen) atoms. The first-order valence-corrected chi connectivity index (χ1v) is 12.4. The van der Waals surface area contributed by atoms with E-state index in [0.29, 0.717) is 52.1 Å². The lowest BCUT2D eigenvalue weighted by molar-refractivity contribution is 0.0601. The van der Waals surface area contributed by atoms with E-state index in [-0.39, 0.29) is 0 Å². The topological polar surface area (TPSA) is 73.9 Å². The number of hydrogen-bond acceptors (Lipinski definition) is 6. The van der Waals surface area contributed by atoms with Gasteiger partial charge in [-0.25, -0.2) is 4.79 Å². The van der Waals surface area contributed by atoms with Crippen molar-refractivity contribution in [1.29, 1.82) is 0 Å². The molecule has 6 nitrogen and oxygen atoms in total. The van der Waals surface area contributed by atoms with E-state index in [1.807, 2.05) is 36.4 Å². The summed E-state index contributed by atoms with van der Waals surface area (Å²) in [7, 11) is 3.10. The molecule has 0 radical (unpaired) electrons. The van der Waals surface area contributed by atoms with Gasteiger partial charge in [0.05, 0.1) is 17.7 Å². The van der Waals surface area contributed by atoms with Crippen LogP contribution in [0.3, 0.4) is 0 Å². The summed E-state index contributed by atoms with van der Waals surface area (Å²) in [4.78, 5) is 22.1. The molecule has 1 N–H and O–H groups in total. The summed E-state index contributed by atoms with van der Waals surface area (Å²) < 4.78 is 16.3. The minimum atomic E-state index is -0.413. The van der Waals surface area contributed by atoms with E-state index in [4.69, 9.17) is 37.4 Å². The van der Waals surface area contributed by atoms with Gasteiger partial charge in [0, 0.05) is 23.3 Å². The number of carbonyl (C=O) groups excluding carboxylic acids is 2. The quantitative estimate of drug-likeness (QED) is 0.132. The molecular formula is C30H27Cl2NO5. The van der Waals surface area contributed by atoms with Crippen molar-refractivity contribution in [1.82, 2.24) is 0 Å². The van der Waals surface area contributed by atoms with Gasteiger partial charge in [-0.3, -0.25) is 4.79 Å². The third-order valence-corrected chi connectivity index (χ3v) is 5.88. The highest BCUT2D eigenvalue weighted by molar-refractivity contribution is 6.36. The van der Waals surface area contributed by atoms with Gasteiger partial charge in [-0.15, -0.1) is 0 Å². The highest BCUT2D eigenvalue weighted by Gasteiger charge is 2.12. The van der Waals surface area contributed by atoms with Crippen LogP contribution in [0.15, 0.2) is 91.0 Å². The summed E-state index contributed by atoms with van der Waals surface area (Å²) >= 11 is 11.2. The largest absolute Gasteiger partial charge is 0.490 e. The molecule has 0 unspecified atom stereocenters. The minimum absolute atomic E-state index is 0.356. The summed E-state index contributed by atoms with van der Waals surface area (Å²) in [5.41, 5.74) is 3.83. The summed E-state index contributed by atoms with van der Waals surface area (Å²) in [5.74, 6) is 0.954. The number of nitrogens with one attached hydrogen (secondary N) is 1. The number of hydrogen-bond donors (Lipinski definition) is 1. The zero-order valence-electron chi connectivity index (χ0n) is 20.9. The Labute approximate surface area is 232 Å². The monoisotopic (exact) mass is 551 g/mol. The van der Waals surface area contributed by atoms with Crippen molar-refractivity contribution in [3.05, 3.63) is 112 Å². The highest BCUT2D eigenvalue weighted by atomic mass is 35.5. The molecular weight excluding hydrogens is 525 g/mol. The number of halogens is 2. The molecule has 8 heteroatoms. The average molecular weight is 552 g/mol. The molecule has 4 aromatic rings. The van der Waals surface area contributed by atoms with Gasteiger partial charge in [0.1, 0.15) is 24.7 Å². The lowest BCUT2D eigenvalue weighted by Crippen LogP contribution is -2.10. The second-order valence-corrected chi connectivity index (χ2v) is 8.67. The fraction of sp³-hybridized carbons (Fsp3) is 0.133. The van der Waals surface area contributed by atoms with Crippen LogP contribution in [0.2, 0.25) is 10.0 Å². The van der Waals surface area contributed by atoms with Crippen LogP contribution in [0, 0.1) is 0 Å². The number of esters is 1. The Morgan fingerprint density at radius 2 is 1.50 bits per heavy atom. The summed E-state index contributed by atoms with van der Waals surface area (Å²) in [5, 5.41) is 3.89. The van der Waals surface area contributed by atoms with Crippen molar-refractivity contribution in [2.75, 3.05) is 32.7 Å². The van der Waals surface area contributed by atoms with Gasteiger partial charge < -0.3 is 19.5 Å². The normalized spacial score (nSPS) is 10.0. The van der Waals surface area contributed by atoms with E-state index in [1.165, 1.54) is 13.2 Å². The molecule has 0 atom stereocenters. The summed E-state index contributed by atoms with van der Waals surface area (Å²) in [6.45, 7) is 0.745. The Kier molecular flexibility index (Phi) is 11.0. The molecule has 0 saturated heterocycles. The maximum absolute atomic E-state index is 11.9. The molecule has 0 aliphatic rings. The van der Waals surface area contributed by atoms with Crippen LogP contribution < -0.4 is 14.8 Å². The molecule has 0 spiro atoms. The van der Waals surface area contributed by atoms with Crippen molar-refractivity contribution < 1.29 is 23.8 Å². The molecule has 196 valence electrons. The van der Waals surface area contributed by atoms with Crippen LogP contribution in [-0.2, 0) is 4.74 Å². The van der Waals surface area contributed by atoms with Crippen LogP contribution in [0.5, 0.6) is 11.5 Å². The standard InChI is InChI=1S/C23H23NO4.C7H4Cl2O/c1-24-22-12-11-20(16-21(22)23(25)26-2)28-14-13-27-19-10-6-9-18(15-19)17-7-4-3-5-8-17;8-6-2-1-5(4-10)7(9)3-6/h3-12,15-16,24H,13-14H2,1-2H3;1-4H. The van der Waals surface area contributed by atoms with Crippen molar-refractivity contribution in [2.45, 2.75) is 0 Å². The van der Waals surface area contributed by atoms with Crippen molar-refractivity contribution in [3.8, 4) is 22.6 Å². The fourth-order valence-electron chi connectivity index (χ4n) is 3.42. The smallest absolute Gasteiger partial charge is 0.340 e.